The first-order chi connectivity index (χ1) is 17.3. The van der Waals surface area contributed by atoms with Gasteiger partial charge >= 0.3 is 27.2 Å². The van der Waals surface area contributed by atoms with Crippen LogP contribution in [0.25, 0.3) is 22.8 Å². The quantitative estimate of drug-likeness (QED) is 0.164. The largest absolute Gasteiger partial charge is 2.00 e. The summed E-state index contributed by atoms with van der Waals surface area (Å²) in [5.74, 6) is -2.65. The Balaban J connectivity index is 0.00000320. The molecule has 0 atom stereocenters. The zero-order chi connectivity index (χ0) is 25.3. The van der Waals surface area contributed by atoms with Gasteiger partial charge in [-0.3, -0.25) is 23.8 Å². The van der Waals surface area contributed by atoms with Crippen LogP contribution in [0.1, 0.15) is 5.82 Å². The first-order valence-electron chi connectivity index (χ1n) is 10.4. The summed E-state index contributed by atoms with van der Waals surface area (Å²) < 4.78 is 66.6. The molecule has 188 valence electrons. The van der Waals surface area contributed by atoms with Gasteiger partial charge in [-0.15, -0.1) is 12.1 Å². The molecular formula is C25H13F5N6Pt. The Bertz CT molecular complexity index is 1520. The van der Waals surface area contributed by atoms with Gasteiger partial charge in [0.05, 0.1) is 5.69 Å². The van der Waals surface area contributed by atoms with Gasteiger partial charge in [0.2, 0.25) is 0 Å². The van der Waals surface area contributed by atoms with Gasteiger partial charge in [0.25, 0.3) is 0 Å². The molecule has 0 aliphatic carbocycles. The average Bonchev–Trinajstić information content (AvgIpc) is 3.37. The summed E-state index contributed by atoms with van der Waals surface area (Å²) in [6.45, 7) is 0. The summed E-state index contributed by atoms with van der Waals surface area (Å²) in [5.41, 5.74) is 0.850. The molecule has 12 heteroatoms. The first kappa shape index (κ1) is 26.1. The number of benzene rings is 2. The Morgan fingerprint density at radius 1 is 0.784 bits per heavy atom. The molecule has 0 fully saturated rings. The third kappa shape index (κ3) is 5.56. The Labute approximate surface area is 221 Å². The van der Waals surface area contributed by atoms with Crippen molar-refractivity contribution < 1.29 is 43.0 Å². The molecule has 0 saturated carbocycles. The number of para-hydroxylation sites is 1. The standard InChI is InChI=1S/C25H13F5N6.Pt/c26-15-12-13-17(18(27)14-15)19-8-4-10-21(31-19)36(16-6-2-1-3-7-16)22-11-5-9-20(32-22)23-33-24(35-34-23)25(28,29)30;/h1-12,14H;/q-2;+2. The number of nitrogens with zero attached hydrogens (tertiary/aromatic N) is 6. The maximum atomic E-state index is 14.4. The summed E-state index contributed by atoms with van der Waals surface area (Å²) in [4.78, 5) is 14.0. The Morgan fingerprint density at radius 2 is 1.43 bits per heavy atom. The van der Waals surface area contributed by atoms with E-state index in [0.29, 0.717) is 11.5 Å². The molecule has 6 nitrogen and oxygen atoms in total. The van der Waals surface area contributed by atoms with Gasteiger partial charge in [-0.25, -0.2) is 4.98 Å². The van der Waals surface area contributed by atoms with E-state index < -0.39 is 23.6 Å². The molecular weight excluding hydrogens is 674 g/mol. The number of anilines is 3. The first-order valence-corrected chi connectivity index (χ1v) is 10.4. The molecule has 3 heterocycles. The van der Waals surface area contributed by atoms with Crippen molar-refractivity contribution in [2.45, 2.75) is 6.18 Å². The SMILES string of the molecule is Fc1c[c-]c(-c2cccc(N(c3ccccc3)c3cccc(-c4nc(C(F)(F)F)n[n-]4)n3)n2)c(F)c1.[Pt+2]. The maximum Gasteiger partial charge on any atom is 2.00 e. The number of halogens is 5. The number of rotatable bonds is 5. The molecule has 0 unspecified atom stereocenters. The van der Waals surface area contributed by atoms with Crippen molar-refractivity contribution in [3.63, 3.8) is 0 Å². The van der Waals surface area contributed by atoms with Crippen molar-refractivity contribution in [3.8, 4) is 22.8 Å². The van der Waals surface area contributed by atoms with Gasteiger partial charge in [-0.2, -0.15) is 13.2 Å². The van der Waals surface area contributed by atoms with E-state index in [1.807, 2.05) is 0 Å². The van der Waals surface area contributed by atoms with E-state index in [9.17, 15) is 22.0 Å². The summed E-state index contributed by atoms with van der Waals surface area (Å²) in [6, 6.07) is 22.7. The zero-order valence-electron chi connectivity index (χ0n) is 18.4. The summed E-state index contributed by atoms with van der Waals surface area (Å²) in [6.07, 6.45) is -4.74. The normalized spacial score (nSPS) is 11.2. The van der Waals surface area contributed by atoms with Crippen LogP contribution >= 0.6 is 0 Å². The van der Waals surface area contributed by atoms with E-state index in [1.165, 1.54) is 6.07 Å². The van der Waals surface area contributed by atoms with E-state index in [-0.39, 0.29) is 49.7 Å². The number of aromatic nitrogens is 5. The number of hydrogen-bond donors (Lipinski definition) is 0. The molecule has 3 aromatic heterocycles. The van der Waals surface area contributed by atoms with Crippen LogP contribution in [-0.4, -0.2) is 20.1 Å². The summed E-state index contributed by atoms with van der Waals surface area (Å²) >= 11 is 0. The molecule has 37 heavy (non-hydrogen) atoms. The van der Waals surface area contributed by atoms with Crippen LogP contribution in [0.4, 0.5) is 39.3 Å². The Kier molecular flexibility index (Phi) is 7.44. The van der Waals surface area contributed by atoms with Gasteiger partial charge in [0.1, 0.15) is 17.5 Å². The van der Waals surface area contributed by atoms with Crippen molar-refractivity contribution in [3.05, 3.63) is 102 Å². The molecule has 0 radical (unpaired) electrons. The second-order valence-corrected chi connectivity index (χ2v) is 7.43. The molecule has 2 aromatic carbocycles. The van der Waals surface area contributed by atoms with Gasteiger partial charge in [-0.1, -0.05) is 48.0 Å². The average molecular weight is 687 g/mol. The minimum atomic E-state index is -4.74. The van der Waals surface area contributed by atoms with E-state index in [2.05, 4.69) is 31.2 Å². The third-order valence-electron chi connectivity index (χ3n) is 4.99. The second-order valence-electron chi connectivity index (χ2n) is 7.43. The van der Waals surface area contributed by atoms with Gasteiger partial charge < -0.3 is 10.1 Å². The van der Waals surface area contributed by atoms with Gasteiger partial charge in [0, 0.05) is 17.3 Å². The van der Waals surface area contributed by atoms with Crippen molar-refractivity contribution in [2.24, 2.45) is 0 Å². The van der Waals surface area contributed by atoms with Crippen LogP contribution in [-0.2, 0) is 27.2 Å². The van der Waals surface area contributed by atoms with E-state index >= 15 is 0 Å². The Morgan fingerprint density at radius 3 is 2.05 bits per heavy atom. The van der Waals surface area contributed by atoms with Crippen LogP contribution in [0.2, 0.25) is 0 Å². The molecule has 5 aromatic rings. The fourth-order valence-electron chi connectivity index (χ4n) is 3.43. The predicted octanol–water partition coefficient (Wildman–Crippen LogP) is 6.12. The minimum Gasteiger partial charge on any atom is -0.413 e. The van der Waals surface area contributed by atoms with Crippen molar-refractivity contribution in [1.82, 2.24) is 25.1 Å². The predicted molar refractivity (Wildman–Crippen MR) is 120 cm³/mol. The van der Waals surface area contributed by atoms with Gasteiger partial charge in [-0.05, 0) is 41.9 Å². The smallest absolute Gasteiger partial charge is 0.413 e. The Hall–Kier alpha value is -3.98. The van der Waals surface area contributed by atoms with Crippen molar-refractivity contribution in [1.29, 1.82) is 0 Å². The summed E-state index contributed by atoms with van der Waals surface area (Å²) in [7, 11) is 0. The molecule has 5 rings (SSSR count). The van der Waals surface area contributed by atoms with Crippen molar-refractivity contribution >= 4 is 17.3 Å². The fraction of sp³-hybridized carbons (Fsp3) is 0.0400. The monoisotopic (exact) mass is 687 g/mol. The van der Waals surface area contributed by atoms with Crippen LogP contribution in [0, 0.1) is 17.7 Å². The number of hydrogen-bond acceptors (Lipinski definition) is 5. The van der Waals surface area contributed by atoms with E-state index in [1.54, 1.807) is 65.6 Å². The fourth-order valence-corrected chi connectivity index (χ4v) is 3.43. The van der Waals surface area contributed by atoms with Crippen molar-refractivity contribution in [2.75, 3.05) is 4.90 Å². The molecule has 0 aliphatic rings. The minimum absolute atomic E-state index is 0. The van der Waals surface area contributed by atoms with Crippen LogP contribution < -0.4 is 10.00 Å². The van der Waals surface area contributed by atoms with Crippen LogP contribution in [0.15, 0.2) is 78.9 Å². The molecule has 0 amide bonds. The molecule has 0 saturated heterocycles. The third-order valence-corrected chi connectivity index (χ3v) is 4.99. The van der Waals surface area contributed by atoms with Crippen LogP contribution in [0.5, 0.6) is 0 Å². The summed E-state index contributed by atoms with van der Waals surface area (Å²) in [5, 5.41) is 6.61. The second kappa shape index (κ2) is 10.6. The molecule has 0 spiro atoms. The van der Waals surface area contributed by atoms with Crippen LogP contribution in [0.3, 0.4) is 0 Å². The molecule has 0 aliphatic heterocycles. The number of alkyl halides is 3. The van der Waals surface area contributed by atoms with E-state index in [4.69, 9.17) is 0 Å². The maximum absolute atomic E-state index is 14.4. The zero-order valence-corrected chi connectivity index (χ0v) is 20.7. The topological polar surface area (TPSA) is 68.9 Å². The van der Waals surface area contributed by atoms with E-state index in [0.717, 1.165) is 12.1 Å². The number of pyridine rings is 2. The molecule has 0 N–H and O–H groups in total. The van der Waals surface area contributed by atoms with Gasteiger partial charge in [0.15, 0.2) is 0 Å². The molecule has 0 bridgehead atoms.